The number of hydrogen-bond acceptors (Lipinski definition) is 4. The fraction of sp³-hybridized carbons (Fsp3) is 0.800. The third-order valence-electron chi connectivity index (χ3n) is 3.60. The molecule has 0 aromatic carbocycles. The maximum atomic E-state index is 12.4. The van der Waals surface area contributed by atoms with Crippen LogP contribution >= 0.6 is 0 Å². The summed E-state index contributed by atoms with van der Waals surface area (Å²) in [6.45, 7) is 10.4. The predicted molar refractivity (Wildman–Crippen MR) is 84.3 cm³/mol. The fourth-order valence-corrected chi connectivity index (χ4v) is 2.40. The van der Waals surface area contributed by atoms with Crippen LogP contribution in [-0.2, 0) is 9.53 Å². The van der Waals surface area contributed by atoms with E-state index < -0.39 is 23.7 Å². The molecule has 0 aromatic heterocycles. The molecule has 1 heterocycles. The molecular weight excluding hydrogens is 302 g/mol. The SMILES string of the molecule is CCN(CC)C(=O)N1CCN(C(=O)OC(C)(C)C)[C@@H](C(=O)O)C1. The van der Waals surface area contributed by atoms with Gasteiger partial charge in [0.25, 0.3) is 0 Å². The summed E-state index contributed by atoms with van der Waals surface area (Å²) in [5.41, 5.74) is -0.700. The summed E-state index contributed by atoms with van der Waals surface area (Å²) < 4.78 is 5.25. The van der Waals surface area contributed by atoms with Crippen LogP contribution in [0, 0.1) is 0 Å². The Bertz CT molecular complexity index is 457. The van der Waals surface area contributed by atoms with Crippen LogP contribution in [0.25, 0.3) is 0 Å². The number of carbonyl (C=O) groups excluding carboxylic acids is 2. The van der Waals surface area contributed by atoms with E-state index in [1.807, 2.05) is 13.8 Å². The first-order valence-corrected chi connectivity index (χ1v) is 7.87. The zero-order valence-electron chi connectivity index (χ0n) is 14.5. The van der Waals surface area contributed by atoms with Crippen LogP contribution < -0.4 is 0 Å². The number of ether oxygens (including phenoxy) is 1. The average molecular weight is 329 g/mol. The van der Waals surface area contributed by atoms with E-state index in [2.05, 4.69) is 0 Å². The number of amides is 3. The van der Waals surface area contributed by atoms with Crippen molar-refractivity contribution >= 4 is 18.1 Å². The second-order valence-electron chi connectivity index (χ2n) is 6.43. The molecule has 8 heteroatoms. The number of carboxylic acid groups (broad SMARTS) is 1. The maximum Gasteiger partial charge on any atom is 0.411 e. The van der Waals surface area contributed by atoms with Gasteiger partial charge in [-0.3, -0.25) is 4.90 Å². The Hall–Kier alpha value is -1.99. The minimum Gasteiger partial charge on any atom is -0.480 e. The molecule has 0 unspecified atom stereocenters. The van der Waals surface area contributed by atoms with Crippen LogP contribution in [0.1, 0.15) is 34.6 Å². The minimum absolute atomic E-state index is 0.0378. The van der Waals surface area contributed by atoms with E-state index in [0.29, 0.717) is 19.6 Å². The van der Waals surface area contributed by atoms with Crippen LogP contribution in [0.2, 0.25) is 0 Å². The van der Waals surface area contributed by atoms with Gasteiger partial charge in [0.05, 0.1) is 6.54 Å². The number of nitrogens with zero attached hydrogens (tertiary/aromatic N) is 3. The van der Waals surface area contributed by atoms with Crippen molar-refractivity contribution in [3.8, 4) is 0 Å². The Kier molecular flexibility index (Phi) is 6.23. The molecule has 23 heavy (non-hydrogen) atoms. The van der Waals surface area contributed by atoms with E-state index in [4.69, 9.17) is 4.74 Å². The Labute approximate surface area is 137 Å². The van der Waals surface area contributed by atoms with Crippen molar-refractivity contribution in [2.24, 2.45) is 0 Å². The molecule has 8 nitrogen and oxygen atoms in total. The molecule has 1 atom stereocenters. The summed E-state index contributed by atoms with van der Waals surface area (Å²) in [5, 5.41) is 9.41. The first-order chi connectivity index (χ1) is 10.6. The van der Waals surface area contributed by atoms with Gasteiger partial charge in [-0.1, -0.05) is 0 Å². The van der Waals surface area contributed by atoms with Crippen molar-refractivity contribution in [1.82, 2.24) is 14.7 Å². The van der Waals surface area contributed by atoms with E-state index in [-0.39, 0.29) is 19.1 Å². The van der Waals surface area contributed by atoms with Crippen molar-refractivity contribution in [2.45, 2.75) is 46.3 Å². The Morgan fingerprint density at radius 2 is 1.74 bits per heavy atom. The molecule has 0 bridgehead atoms. The van der Waals surface area contributed by atoms with E-state index in [1.165, 1.54) is 9.80 Å². The van der Waals surface area contributed by atoms with Gasteiger partial charge in [0.15, 0.2) is 6.04 Å². The van der Waals surface area contributed by atoms with E-state index in [9.17, 15) is 19.5 Å². The first-order valence-electron chi connectivity index (χ1n) is 7.87. The van der Waals surface area contributed by atoms with Gasteiger partial charge in [-0.05, 0) is 34.6 Å². The standard InChI is InChI=1S/C15H27N3O5/c1-6-16(7-2)13(21)17-8-9-18(11(10-17)12(19)20)14(22)23-15(3,4)5/h11H,6-10H2,1-5H3,(H,19,20)/t11-/m1/s1. The molecule has 0 spiro atoms. The number of carbonyl (C=O) groups is 3. The highest BCUT2D eigenvalue weighted by atomic mass is 16.6. The van der Waals surface area contributed by atoms with Crippen molar-refractivity contribution in [3.63, 3.8) is 0 Å². The predicted octanol–water partition coefficient (Wildman–Crippen LogP) is 1.45. The van der Waals surface area contributed by atoms with Gasteiger partial charge in [0.2, 0.25) is 0 Å². The van der Waals surface area contributed by atoms with Gasteiger partial charge in [-0.15, -0.1) is 0 Å². The number of piperazine rings is 1. The normalized spacial score (nSPS) is 18.6. The molecule has 1 fully saturated rings. The molecular formula is C15H27N3O5. The molecule has 0 aromatic rings. The lowest BCUT2D eigenvalue weighted by Crippen LogP contribution is -2.61. The van der Waals surface area contributed by atoms with Gasteiger partial charge >= 0.3 is 18.1 Å². The maximum absolute atomic E-state index is 12.4. The first kappa shape index (κ1) is 19.1. The summed E-state index contributed by atoms with van der Waals surface area (Å²) in [4.78, 5) is 40.3. The molecule has 132 valence electrons. The summed E-state index contributed by atoms with van der Waals surface area (Å²) in [7, 11) is 0. The molecule has 3 amide bonds. The third kappa shape index (κ3) is 5.01. The van der Waals surface area contributed by atoms with Gasteiger partial charge in [0.1, 0.15) is 5.60 Å². The zero-order chi connectivity index (χ0) is 17.8. The summed E-state index contributed by atoms with van der Waals surface area (Å²) in [6, 6.07) is -1.30. The summed E-state index contributed by atoms with van der Waals surface area (Å²) in [6.07, 6.45) is -0.667. The minimum atomic E-state index is -1.15. The zero-order valence-corrected chi connectivity index (χ0v) is 14.5. The second-order valence-corrected chi connectivity index (χ2v) is 6.43. The highest BCUT2D eigenvalue weighted by Crippen LogP contribution is 2.17. The topological polar surface area (TPSA) is 90.4 Å². The number of aliphatic carboxylic acids is 1. The third-order valence-corrected chi connectivity index (χ3v) is 3.60. The lowest BCUT2D eigenvalue weighted by Gasteiger charge is -2.41. The van der Waals surface area contributed by atoms with Crippen molar-refractivity contribution in [3.05, 3.63) is 0 Å². The van der Waals surface area contributed by atoms with Crippen molar-refractivity contribution < 1.29 is 24.2 Å². The molecule has 1 aliphatic rings. The molecule has 0 aliphatic carbocycles. The van der Waals surface area contributed by atoms with Crippen molar-refractivity contribution in [2.75, 3.05) is 32.7 Å². The Morgan fingerprint density at radius 3 is 2.17 bits per heavy atom. The quantitative estimate of drug-likeness (QED) is 0.846. The van der Waals surface area contributed by atoms with Gasteiger partial charge < -0.3 is 19.6 Å². The molecule has 1 N–H and O–H groups in total. The summed E-state index contributed by atoms with van der Waals surface area (Å²) >= 11 is 0. The van der Waals surface area contributed by atoms with Crippen LogP contribution in [-0.4, -0.2) is 82.3 Å². The molecule has 0 radical (unpaired) electrons. The number of hydrogen-bond donors (Lipinski definition) is 1. The van der Waals surface area contributed by atoms with Gasteiger partial charge in [0, 0.05) is 26.2 Å². The molecule has 1 rings (SSSR count). The number of urea groups is 1. The molecule has 0 saturated carbocycles. The van der Waals surface area contributed by atoms with E-state index in [1.54, 1.807) is 25.7 Å². The molecule has 1 saturated heterocycles. The second kappa shape index (κ2) is 7.52. The Morgan fingerprint density at radius 1 is 1.17 bits per heavy atom. The fourth-order valence-electron chi connectivity index (χ4n) is 2.40. The van der Waals surface area contributed by atoms with Crippen LogP contribution in [0.5, 0.6) is 0 Å². The monoisotopic (exact) mass is 329 g/mol. The lowest BCUT2D eigenvalue weighted by atomic mass is 10.1. The van der Waals surface area contributed by atoms with E-state index in [0.717, 1.165) is 0 Å². The number of carboxylic acids is 1. The van der Waals surface area contributed by atoms with Crippen LogP contribution in [0.3, 0.4) is 0 Å². The van der Waals surface area contributed by atoms with E-state index >= 15 is 0 Å². The average Bonchev–Trinajstić information content (AvgIpc) is 2.45. The van der Waals surface area contributed by atoms with Crippen LogP contribution in [0.4, 0.5) is 9.59 Å². The Balaban J connectivity index is 2.84. The molecule has 1 aliphatic heterocycles. The summed E-state index contributed by atoms with van der Waals surface area (Å²) in [5.74, 6) is -1.15. The largest absolute Gasteiger partial charge is 0.480 e. The highest BCUT2D eigenvalue weighted by molar-refractivity contribution is 5.82. The smallest absolute Gasteiger partial charge is 0.411 e. The van der Waals surface area contributed by atoms with Crippen molar-refractivity contribution in [1.29, 1.82) is 0 Å². The van der Waals surface area contributed by atoms with Gasteiger partial charge in [-0.2, -0.15) is 0 Å². The van der Waals surface area contributed by atoms with Crippen LogP contribution in [0.15, 0.2) is 0 Å². The number of rotatable bonds is 3. The highest BCUT2D eigenvalue weighted by Gasteiger charge is 2.39. The lowest BCUT2D eigenvalue weighted by molar-refractivity contribution is -0.145. The van der Waals surface area contributed by atoms with Gasteiger partial charge in [-0.25, -0.2) is 14.4 Å².